The molecule has 0 aliphatic heterocycles. The Bertz CT molecular complexity index is 597. The van der Waals surface area contributed by atoms with E-state index in [1.165, 1.54) is 0 Å². The maximum Gasteiger partial charge on any atom is 0.384 e. The highest BCUT2D eigenvalue weighted by atomic mass is 35.5. The number of amides is 2. The highest BCUT2D eigenvalue weighted by Gasteiger charge is 2.24. The maximum atomic E-state index is 12.9. The molecule has 1 rings (SSSR count). The Labute approximate surface area is 178 Å². The number of nitrogens with zero attached hydrogens (tertiary/aromatic N) is 2. The highest BCUT2D eigenvalue weighted by Crippen LogP contribution is 2.19. The minimum absolute atomic E-state index is 0. The van der Waals surface area contributed by atoms with E-state index >= 15 is 0 Å². The number of rotatable bonds is 9. The van der Waals surface area contributed by atoms with Crippen molar-refractivity contribution in [3.05, 3.63) is 29.3 Å². The van der Waals surface area contributed by atoms with Gasteiger partial charge in [-0.15, -0.1) is 12.4 Å². The minimum Gasteiger partial charge on any atom is -0.294 e. The molecule has 6 heteroatoms. The number of carbonyl (C=O) groups excluding carboxylic acids is 1. The van der Waals surface area contributed by atoms with Gasteiger partial charge in [-0.1, -0.05) is 45.9 Å². The van der Waals surface area contributed by atoms with E-state index in [1.54, 1.807) is 0 Å². The zero-order valence-electron chi connectivity index (χ0n) is 18.6. The zero-order valence-corrected chi connectivity index (χ0v) is 19.4. The highest BCUT2D eigenvalue weighted by molar-refractivity contribution is 6.01. The molecule has 0 heterocycles. The first-order valence-electron chi connectivity index (χ1n) is 10.5. The molecule has 0 atom stereocenters. The summed E-state index contributed by atoms with van der Waals surface area (Å²) in [6, 6.07) is 5.89. The molecular weight excluding hydrogens is 372 g/mol. The average molecular weight is 412 g/mol. The van der Waals surface area contributed by atoms with Crippen LogP contribution in [0, 0.1) is 13.8 Å². The van der Waals surface area contributed by atoms with Crippen LogP contribution >= 0.6 is 12.4 Å². The predicted octanol–water partition coefficient (Wildman–Crippen LogP) is 5.16. The van der Waals surface area contributed by atoms with Gasteiger partial charge in [0.2, 0.25) is 0 Å². The summed E-state index contributed by atoms with van der Waals surface area (Å²) in [4.78, 5) is 15.2. The number of halogens is 1. The number of nitrogens with one attached hydrogen (secondary N) is 2. The number of hydrogen-bond donors (Lipinski definition) is 2. The lowest BCUT2D eigenvalue weighted by molar-refractivity contribution is -0.534. The van der Waals surface area contributed by atoms with Crippen LogP contribution in [0.2, 0.25) is 0 Å². The quantitative estimate of drug-likeness (QED) is 0.335. The average Bonchev–Trinajstić information content (AvgIpc) is 2.63. The topological polar surface area (TPSA) is 47.4 Å². The Balaban J connectivity index is 0.00000729. The molecule has 0 bridgehead atoms. The molecule has 1 aromatic carbocycles. The summed E-state index contributed by atoms with van der Waals surface area (Å²) >= 11 is 0. The van der Waals surface area contributed by atoms with E-state index in [2.05, 4.69) is 47.8 Å². The van der Waals surface area contributed by atoms with Gasteiger partial charge in [0, 0.05) is 5.69 Å². The molecule has 5 nitrogen and oxygen atoms in total. The first-order chi connectivity index (χ1) is 13.0. The minimum atomic E-state index is -0.170. The van der Waals surface area contributed by atoms with Crippen molar-refractivity contribution in [2.24, 2.45) is 0 Å². The molecule has 0 aromatic heterocycles. The van der Waals surface area contributed by atoms with Crippen molar-refractivity contribution in [3.63, 3.8) is 0 Å². The van der Waals surface area contributed by atoms with Gasteiger partial charge in [0.25, 0.3) is 0 Å². The van der Waals surface area contributed by atoms with Crippen LogP contribution in [0.25, 0.3) is 0 Å². The molecule has 1 aromatic rings. The van der Waals surface area contributed by atoms with Gasteiger partial charge in [0.05, 0.1) is 26.2 Å². The third-order valence-electron chi connectivity index (χ3n) is 4.52. The van der Waals surface area contributed by atoms with E-state index in [1.807, 2.05) is 32.0 Å². The van der Waals surface area contributed by atoms with Crippen LogP contribution in [-0.4, -0.2) is 47.6 Å². The summed E-state index contributed by atoms with van der Waals surface area (Å²) in [5.41, 5.74) is 3.04. The molecule has 0 aliphatic rings. The number of benzene rings is 1. The van der Waals surface area contributed by atoms with Gasteiger partial charge < -0.3 is 0 Å². The Hall–Kier alpha value is -1.75. The Morgan fingerprint density at radius 1 is 0.929 bits per heavy atom. The number of urea groups is 1. The van der Waals surface area contributed by atoms with E-state index in [0.717, 1.165) is 74.6 Å². The normalized spacial score (nSPS) is 10.1. The molecule has 0 radical (unpaired) electrons. The predicted molar refractivity (Wildman–Crippen MR) is 123 cm³/mol. The van der Waals surface area contributed by atoms with Crippen molar-refractivity contribution in [2.75, 3.05) is 31.5 Å². The van der Waals surface area contributed by atoms with Crippen LogP contribution in [0.1, 0.15) is 64.5 Å². The summed E-state index contributed by atoms with van der Waals surface area (Å²) < 4.78 is 2.32. The summed E-state index contributed by atoms with van der Waals surface area (Å²) in [7, 11) is 0. The lowest BCUT2D eigenvalue weighted by Crippen LogP contribution is -2.51. The molecule has 0 aliphatic carbocycles. The number of para-hydroxylation sites is 1. The van der Waals surface area contributed by atoms with E-state index in [9.17, 15) is 4.79 Å². The van der Waals surface area contributed by atoms with Crippen molar-refractivity contribution < 1.29 is 9.37 Å². The van der Waals surface area contributed by atoms with Crippen LogP contribution in [-0.2, 0) is 0 Å². The molecule has 28 heavy (non-hydrogen) atoms. The van der Waals surface area contributed by atoms with E-state index in [0.29, 0.717) is 0 Å². The van der Waals surface area contributed by atoms with E-state index < -0.39 is 0 Å². The summed E-state index contributed by atoms with van der Waals surface area (Å²) in [6.45, 7) is 16.5. The van der Waals surface area contributed by atoms with Crippen LogP contribution in [0.4, 0.5) is 10.5 Å². The molecule has 2 N–H and O–H groups in total. The standard InChI is InChI=1S/C22H38N4O.ClH/c1-7-14-25(15-8-2)22(26(16-9-3)17-10-4)24-21(27)23-20-18(5)12-11-13-19(20)6;/h11-13H,7-10,14-17H2,1-6H3,(H,23,27);1H/p+1. The fourth-order valence-corrected chi connectivity index (χ4v) is 3.34. The summed E-state index contributed by atoms with van der Waals surface area (Å²) in [6.07, 6.45) is 4.21. The van der Waals surface area contributed by atoms with Crippen molar-refractivity contribution >= 4 is 30.1 Å². The molecular formula is C22H40ClN4O+. The van der Waals surface area contributed by atoms with Gasteiger partial charge in [-0.25, -0.2) is 4.79 Å². The van der Waals surface area contributed by atoms with Crippen LogP contribution in [0.5, 0.6) is 0 Å². The Morgan fingerprint density at radius 3 is 1.86 bits per heavy atom. The molecule has 0 saturated carbocycles. The first kappa shape index (κ1) is 26.2. The smallest absolute Gasteiger partial charge is 0.294 e. The number of hydrogen-bond acceptors (Lipinski definition) is 1. The Kier molecular flexibility index (Phi) is 13.4. The maximum absolute atomic E-state index is 12.9. The lowest BCUT2D eigenvalue weighted by Gasteiger charge is -2.23. The summed E-state index contributed by atoms with van der Waals surface area (Å²) in [5.74, 6) is 0.936. The third kappa shape index (κ3) is 8.09. The van der Waals surface area contributed by atoms with Crippen LogP contribution in [0.15, 0.2) is 18.2 Å². The van der Waals surface area contributed by atoms with Gasteiger partial charge in [-0.2, -0.15) is 5.32 Å². The molecule has 2 amide bonds. The number of anilines is 1. The second kappa shape index (κ2) is 14.3. The number of aryl methyl sites for hydroxylation is 2. The Morgan fingerprint density at radius 2 is 1.43 bits per heavy atom. The molecule has 0 unspecified atom stereocenters. The van der Waals surface area contributed by atoms with E-state index in [4.69, 9.17) is 0 Å². The monoisotopic (exact) mass is 411 g/mol. The lowest BCUT2D eigenvalue weighted by atomic mass is 10.1. The zero-order chi connectivity index (χ0) is 20.2. The molecule has 0 fully saturated rings. The van der Waals surface area contributed by atoms with Gasteiger partial charge in [-0.3, -0.25) is 14.8 Å². The fourth-order valence-electron chi connectivity index (χ4n) is 3.34. The van der Waals surface area contributed by atoms with Crippen molar-refractivity contribution in [3.8, 4) is 0 Å². The van der Waals surface area contributed by atoms with Crippen molar-refractivity contribution in [2.45, 2.75) is 67.2 Å². The SMILES string of the molecule is CCCN(CCC)C(NC(=O)Nc1c(C)cccc1C)=[N+](CCC)CCC.Cl. The van der Waals surface area contributed by atoms with Gasteiger partial charge in [0.1, 0.15) is 0 Å². The molecule has 0 saturated heterocycles. The second-order valence-corrected chi connectivity index (χ2v) is 7.14. The van der Waals surface area contributed by atoms with E-state index in [-0.39, 0.29) is 18.4 Å². The third-order valence-corrected chi connectivity index (χ3v) is 4.52. The number of guanidine groups is 1. The van der Waals surface area contributed by atoms with Crippen molar-refractivity contribution in [1.29, 1.82) is 0 Å². The largest absolute Gasteiger partial charge is 0.384 e. The van der Waals surface area contributed by atoms with Gasteiger partial charge >= 0.3 is 12.0 Å². The van der Waals surface area contributed by atoms with Gasteiger partial charge in [0.15, 0.2) is 0 Å². The fraction of sp³-hybridized carbons (Fsp3) is 0.636. The van der Waals surface area contributed by atoms with Crippen molar-refractivity contribution in [1.82, 2.24) is 10.2 Å². The van der Waals surface area contributed by atoms with Crippen LogP contribution in [0.3, 0.4) is 0 Å². The first-order valence-corrected chi connectivity index (χ1v) is 10.5. The van der Waals surface area contributed by atoms with Crippen LogP contribution < -0.4 is 10.6 Å². The summed E-state index contributed by atoms with van der Waals surface area (Å²) in [5, 5.41) is 6.24. The number of carbonyl (C=O) groups is 1. The molecule has 160 valence electrons. The van der Waals surface area contributed by atoms with Gasteiger partial charge in [-0.05, 0) is 50.7 Å². The second-order valence-electron chi connectivity index (χ2n) is 7.14. The molecule has 0 spiro atoms.